The fourth-order valence-electron chi connectivity index (χ4n) is 2.50. The molecule has 1 aliphatic rings. The Balaban J connectivity index is 2.30. The summed E-state index contributed by atoms with van der Waals surface area (Å²) < 4.78 is 39.2. The van der Waals surface area contributed by atoms with Gasteiger partial charge in [0.25, 0.3) is 15.7 Å². The predicted octanol–water partition coefficient (Wildman–Crippen LogP) is 2.16. The zero-order chi connectivity index (χ0) is 16.8. The number of hydrogen-bond donors (Lipinski definition) is 1. The van der Waals surface area contributed by atoms with E-state index < -0.39 is 15.7 Å². The van der Waals surface area contributed by atoms with Crippen LogP contribution in [0.5, 0.6) is 5.75 Å². The SMILES string of the molecule is CC1(C)C=C(n2ccccc2=O)c2cc(S(=O)(=O)O)ccc2O1. The van der Waals surface area contributed by atoms with Crippen LogP contribution in [0, 0.1) is 0 Å². The lowest BCUT2D eigenvalue weighted by Crippen LogP contribution is -2.32. The Bertz CT molecular complexity index is 970. The average molecular weight is 333 g/mol. The Morgan fingerprint density at radius 3 is 2.57 bits per heavy atom. The highest BCUT2D eigenvalue weighted by Crippen LogP contribution is 2.37. The Hall–Kier alpha value is -2.38. The molecule has 1 aromatic heterocycles. The smallest absolute Gasteiger partial charge is 0.294 e. The molecule has 0 radical (unpaired) electrons. The lowest BCUT2D eigenvalue weighted by Gasteiger charge is -2.31. The van der Waals surface area contributed by atoms with Gasteiger partial charge in [0.2, 0.25) is 0 Å². The summed E-state index contributed by atoms with van der Waals surface area (Å²) in [5, 5.41) is 0. The third-order valence-corrected chi connectivity index (χ3v) is 4.31. The third kappa shape index (κ3) is 2.93. The van der Waals surface area contributed by atoms with E-state index in [1.54, 1.807) is 24.4 Å². The fraction of sp³-hybridized carbons (Fsp3) is 0.188. The summed E-state index contributed by atoms with van der Waals surface area (Å²) in [5.74, 6) is 0.440. The van der Waals surface area contributed by atoms with Crippen LogP contribution in [0.2, 0.25) is 0 Å². The standard InChI is InChI=1S/C16H15NO5S/c1-16(2)10-13(17-8-4-3-5-15(17)18)12-9-11(23(19,20)21)6-7-14(12)22-16/h3-10H,1-2H3,(H,19,20,21). The summed E-state index contributed by atoms with van der Waals surface area (Å²) in [7, 11) is -4.35. The van der Waals surface area contributed by atoms with Gasteiger partial charge in [0.05, 0.1) is 10.6 Å². The van der Waals surface area contributed by atoms with E-state index in [0.717, 1.165) is 0 Å². The van der Waals surface area contributed by atoms with Crippen LogP contribution in [0.25, 0.3) is 5.70 Å². The zero-order valence-corrected chi connectivity index (χ0v) is 13.4. The molecular weight excluding hydrogens is 318 g/mol. The van der Waals surface area contributed by atoms with Gasteiger partial charge in [-0.05, 0) is 44.2 Å². The fourth-order valence-corrected chi connectivity index (χ4v) is 3.01. The molecule has 0 fully saturated rings. The van der Waals surface area contributed by atoms with E-state index in [9.17, 15) is 17.8 Å². The van der Waals surface area contributed by atoms with Crippen LogP contribution in [0.1, 0.15) is 19.4 Å². The summed E-state index contributed by atoms with van der Waals surface area (Å²) in [4.78, 5) is 11.9. The van der Waals surface area contributed by atoms with Gasteiger partial charge in [0.1, 0.15) is 11.4 Å². The highest BCUT2D eigenvalue weighted by atomic mass is 32.2. The molecule has 2 aromatic rings. The van der Waals surface area contributed by atoms with Crippen molar-refractivity contribution in [3.8, 4) is 5.75 Å². The van der Waals surface area contributed by atoms with E-state index in [1.807, 2.05) is 13.8 Å². The zero-order valence-electron chi connectivity index (χ0n) is 12.6. The minimum atomic E-state index is -4.35. The molecular formula is C16H15NO5S. The molecule has 0 amide bonds. The van der Waals surface area contributed by atoms with E-state index in [2.05, 4.69) is 0 Å². The number of hydrogen-bond acceptors (Lipinski definition) is 4. The van der Waals surface area contributed by atoms with Crippen LogP contribution in [0.15, 0.2) is 58.4 Å². The van der Waals surface area contributed by atoms with Gasteiger partial charge >= 0.3 is 0 Å². The Labute approximate surface area is 133 Å². The number of pyridine rings is 1. The van der Waals surface area contributed by atoms with E-state index in [-0.39, 0.29) is 10.5 Å². The molecule has 1 aromatic carbocycles. The topological polar surface area (TPSA) is 85.6 Å². The van der Waals surface area contributed by atoms with Gasteiger partial charge in [0, 0.05) is 17.8 Å². The number of rotatable bonds is 2. The summed E-state index contributed by atoms with van der Waals surface area (Å²) in [6.07, 6.45) is 3.34. The van der Waals surface area contributed by atoms with Crippen molar-refractivity contribution in [1.82, 2.24) is 4.57 Å². The van der Waals surface area contributed by atoms with E-state index in [4.69, 9.17) is 4.74 Å². The number of aromatic nitrogens is 1. The maximum atomic E-state index is 12.1. The van der Waals surface area contributed by atoms with Crippen molar-refractivity contribution in [2.24, 2.45) is 0 Å². The Morgan fingerprint density at radius 1 is 1.17 bits per heavy atom. The summed E-state index contributed by atoms with van der Waals surface area (Å²) in [6.45, 7) is 3.67. The maximum absolute atomic E-state index is 12.1. The first-order chi connectivity index (χ1) is 10.7. The minimum Gasteiger partial charge on any atom is -0.483 e. The predicted molar refractivity (Wildman–Crippen MR) is 85.0 cm³/mol. The lowest BCUT2D eigenvalue weighted by molar-refractivity contribution is 0.157. The number of ether oxygens (including phenoxy) is 1. The monoisotopic (exact) mass is 333 g/mol. The largest absolute Gasteiger partial charge is 0.483 e. The first-order valence-corrected chi connectivity index (χ1v) is 8.33. The van der Waals surface area contributed by atoms with Crippen molar-refractivity contribution < 1.29 is 17.7 Å². The van der Waals surface area contributed by atoms with Crippen molar-refractivity contribution in [3.63, 3.8) is 0 Å². The highest BCUT2D eigenvalue weighted by Gasteiger charge is 2.29. The van der Waals surface area contributed by atoms with Crippen LogP contribution >= 0.6 is 0 Å². The van der Waals surface area contributed by atoms with E-state index in [0.29, 0.717) is 17.0 Å². The maximum Gasteiger partial charge on any atom is 0.294 e. The second kappa shape index (κ2) is 5.07. The molecule has 1 aliphatic heterocycles. The van der Waals surface area contributed by atoms with Gasteiger partial charge in [0.15, 0.2) is 0 Å². The Morgan fingerprint density at radius 2 is 1.91 bits per heavy atom. The van der Waals surface area contributed by atoms with Gasteiger partial charge < -0.3 is 4.74 Å². The molecule has 120 valence electrons. The number of fused-ring (bicyclic) bond motifs is 1. The highest BCUT2D eigenvalue weighted by molar-refractivity contribution is 7.85. The second-order valence-electron chi connectivity index (χ2n) is 5.78. The van der Waals surface area contributed by atoms with Gasteiger partial charge in [-0.3, -0.25) is 13.9 Å². The van der Waals surface area contributed by atoms with Crippen LogP contribution in [0.3, 0.4) is 0 Å². The van der Waals surface area contributed by atoms with Gasteiger partial charge in [-0.2, -0.15) is 8.42 Å². The van der Waals surface area contributed by atoms with Crippen molar-refractivity contribution in [3.05, 3.63) is 64.6 Å². The summed E-state index contributed by atoms with van der Waals surface area (Å²) >= 11 is 0. The third-order valence-electron chi connectivity index (χ3n) is 3.46. The molecule has 0 bridgehead atoms. The minimum absolute atomic E-state index is 0.250. The lowest BCUT2D eigenvalue weighted by atomic mass is 9.99. The number of benzene rings is 1. The summed E-state index contributed by atoms with van der Waals surface area (Å²) in [6, 6.07) is 8.78. The van der Waals surface area contributed by atoms with Gasteiger partial charge in [-0.15, -0.1) is 0 Å². The van der Waals surface area contributed by atoms with Gasteiger partial charge in [-0.25, -0.2) is 0 Å². The van der Waals surface area contributed by atoms with Crippen molar-refractivity contribution in [2.45, 2.75) is 24.3 Å². The molecule has 0 unspecified atom stereocenters. The molecule has 3 rings (SSSR count). The van der Waals surface area contributed by atoms with Crippen LogP contribution in [-0.2, 0) is 10.1 Å². The molecule has 0 spiro atoms. The van der Waals surface area contributed by atoms with Crippen LogP contribution in [-0.4, -0.2) is 23.1 Å². The molecule has 0 atom stereocenters. The van der Waals surface area contributed by atoms with Crippen LogP contribution < -0.4 is 10.3 Å². The van der Waals surface area contributed by atoms with E-state index in [1.165, 1.54) is 28.8 Å². The van der Waals surface area contributed by atoms with Crippen LogP contribution in [0.4, 0.5) is 0 Å². The molecule has 1 N–H and O–H groups in total. The molecule has 7 heteroatoms. The van der Waals surface area contributed by atoms with Crippen molar-refractivity contribution in [2.75, 3.05) is 0 Å². The summed E-state index contributed by atoms with van der Waals surface area (Å²) in [5.41, 5.74) is 0.0109. The van der Waals surface area contributed by atoms with Crippen molar-refractivity contribution >= 4 is 15.8 Å². The number of nitrogens with zero attached hydrogens (tertiary/aromatic N) is 1. The first-order valence-electron chi connectivity index (χ1n) is 6.89. The average Bonchev–Trinajstić information content (AvgIpc) is 2.44. The molecule has 2 heterocycles. The second-order valence-corrected chi connectivity index (χ2v) is 7.20. The normalized spacial score (nSPS) is 16.2. The van der Waals surface area contributed by atoms with Crippen molar-refractivity contribution in [1.29, 1.82) is 0 Å². The molecule has 0 aliphatic carbocycles. The van der Waals surface area contributed by atoms with Gasteiger partial charge in [-0.1, -0.05) is 6.07 Å². The molecule has 6 nitrogen and oxygen atoms in total. The first kappa shape index (κ1) is 15.5. The van der Waals surface area contributed by atoms with E-state index >= 15 is 0 Å². The molecule has 0 saturated carbocycles. The molecule has 0 saturated heterocycles. The Kier molecular flexibility index (Phi) is 3.42. The molecule has 23 heavy (non-hydrogen) atoms. The quantitative estimate of drug-likeness (QED) is 0.851.